The van der Waals surface area contributed by atoms with E-state index in [0.717, 1.165) is 17.6 Å². The van der Waals surface area contributed by atoms with E-state index in [1.54, 1.807) is 0 Å². The van der Waals surface area contributed by atoms with Crippen molar-refractivity contribution < 1.29 is 0 Å². The second-order valence-electron chi connectivity index (χ2n) is 2.85. The van der Waals surface area contributed by atoms with Crippen LogP contribution in [0.3, 0.4) is 0 Å². The van der Waals surface area contributed by atoms with Crippen molar-refractivity contribution in [1.29, 1.82) is 0 Å². The molecule has 0 spiro atoms. The van der Waals surface area contributed by atoms with Crippen molar-refractivity contribution in [1.82, 2.24) is 4.98 Å². The molecule has 0 N–H and O–H groups in total. The molecule has 0 aliphatic rings. The topological polar surface area (TPSA) is 12.9 Å². The van der Waals surface area contributed by atoms with Gasteiger partial charge in [0.2, 0.25) is 0 Å². The van der Waals surface area contributed by atoms with Crippen molar-refractivity contribution in [3.8, 4) is 0 Å². The highest BCUT2D eigenvalue weighted by Crippen LogP contribution is 2.11. The van der Waals surface area contributed by atoms with E-state index in [1.807, 2.05) is 12.1 Å². The number of aryl methyl sites for hydroxylation is 1. The number of benzene rings is 1. The predicted octanol–water partition coefficient (Wildman–Crippen LogP) is 3.42. The van der Waals surface area contributed by atoms with Crippen molar-refractivity contribution in [2.45, 2.75) is 13.3 Å². The van der Waals surface area contributed by atoms with Crippen LogP contribution in [0.4, 0.5) is 0 Å². The van der Waals surface area contributed by atoms with Crippen LogP contribution in [0, 0.1) is 0 Å². The van der Waals surface area contributed by atoms with Gasteiger partial charge in [-0.15, -0.1) is 24.0 Å². The average molecular weight is 285 g/mol. The first-order chi connectivity index (χ1) is 5.90. The number of rotatable bonds is 1. The number of fused-ring (bicyclic) bond motifs is 1. The van der Waals surface area contributed by atoms with Crippen molar-refractivity contribution in [2.24, 2.45) is 0 Å². The third-order valence-electron chi connectivity index (χ3n) is 2.02. The van der Waals surface area contributed by atoms with Crippen LogP contribution in [0.5, 0.6) is 0 Å². The Morgan fingerprint density at radius 2 is 1.85 bits per heavy atom. The minimum Gasteiger partial charge on any atom is -0.253 e. The summed E-state index contributed by atoms with van der Waals surface area (Å²) in [4.78, 5) is 4.49. The minimum absolute atomic E-state index is 0. The highest BCUT2D eigenvalue weighted by Gasteiger charge is 1.93. The lowest BCUT2D eigenvalue weighted by atomic mass is 10.2. The summed E-state index contributed by atoms with van der Waals surface area (Å²) in [5.74, 6) is 0. The van der Waals surface area contributed by atoms with Crippen LogP contribution in [0.2, 0.25) is 0 Å². The number of aromatic nitrogens is 1. The lowest BCUT2D eigenvalue weighted by Crippen LogP contribution is -1.86. The Balaban J connectivity index is 0.000000845. The van der Waals surface area contributed by atoms with Gasteiger partial charge in [-0.1, -0.05) is 31.2 Å². The van der Waals surface area contributed by atoms with Crippen LogP contribution in [-0.4, -0.2) is 4.98 Å². The van der Waals surface area contributed by atoms with Crippen molar-refractivity contribution in [3.05, 3.63) is 42.1 Å². The van der Waals surface area contributed by atoms with E-state index in [0.29, 0.717) is 0 Å². The van der Waals surface area contributed by atoms with Gasteiger partial charge in [-0.25, -0.2) is 0 Å². The summed E-state index contributed by atoms with van der Waals surface area (Å²) in [5.41, 5.74) is 2.26. The molecule has 2 rings (SSSR count). The van der Waals surface area contributed by atoms with Gasteiger partial charge in [0.25, 0.3) is 0 Å². The molecule has 0 aliphatic heterocycles. The molecule has 0 amide bonds. The predicted molar refractivity (Wildman–Crippen MR) is 66.5 cm³/mol. The Morgan fingerprint density at radius 1 is 1.08 bits per heavy atom. The van der Waals surface area contributed by atoms with Gasteiger partial charge >= 0.3 is 0 Å². The van der Waals surface area contributed by atoms with Crippen LogP contribution >= 0.6 is 24.0 Å². The molecule has 1 heterocycles. The Kier molecular flexibility index (Phi) is 3.66. The Hall–Kier alpha value is -0.640. The van der Waals surface area contributed by atoms with E-state index in [9.17, 15) is 0 Å². The van der Waals surface area contributed by atoms with Crippen LogP contribution in [0.1, 0.15) is 12.6 Å². The van der Waals surface area contributed by atoms with Gasteiger partial charge in [-0.2, -0.15) is 0 Å². The van der Waals surface area contributed by atoms with Gasteiger partial charge < -0.3 is 0 Å². The molecular formula is C11H12IN. The van der Waals surface area contributed by atoms with Crippen molar-refractivity contribution >= 4 is 34.9 Å². The molecule has 68 valence electrons. The first kappa shape index (κ1) is 10.4. The SMILES string of the molecule is CCc1ccc2ccccc2n1.I. The van der Waals surface area contributed by atoms with Crippen LogP contribution in [0.15, 0.2) is 36.4 Å². The van der Waals surface area contributed by atoms with Gasteiger partial charge in [0.1, 0.15) is 0 Å². The smallest absolute Gasteiger partial charge is 0.0705 e. The number of hydrogen-bond donors (Lipinski definition) is 0. The molecule has 0 unspecified atom stereocenters. The van der Waals surface area contributed by atoms with Gasteiger partial charge in [0.05, 0.1) is 5.52 Å². The zero-order chi connectivity index (χ0) is 8.39. The van der Waals surface area contributed by atoms with E-state index < -0.39 is 0 Å². The summed E-state index contributed by atoms with van der Waals surface area (Å²) >= 11 is 0. The van der Waals surface area contributed by atoms with Gasteiger partial charge in [0, 0.05) is 11.1 Å². The summed E-state index contributed by atoms with van der Waals surface area (Å²) in [5, 5.41) is 1.22. The van der Waals surface area contributed by atoms with E-state index >= 15 is 0 Å². The zero-order valence-corrected chi connectivity index (χ0v) is 9.86. The molecular weight excluding hydrogens is 273 g/mol. The number of nitrogens with zero attached hydrogens (tertiary/aromatic N) is 1. The molecule has 0 saturated carbocycles. The van der Waals surface area contributed by atoms with Crippen LogP contribution < -0.4 is 0 Å². The Bertz CT molecular complexity index is 398. The Labute approximate surface area is 95.2 Å². The molecule has 1 aromatic heterocycles. The first-order valence-electron chi connectivity index (χ1n) is 4.25. The fourth-order valence-corrected chi connectivity index (χ4v) is 1.31. The molecule has 2 aromatic rings. The quantitative estimate of drug-likeness (QED) is 0.732. The van der Waals surface area contributed by atoms with E-state index in [-0.39, 0.29) is 24.0 Å². The number of para-hydroxylation sites is 1. The van der Waals surface area contributed by atoms with E-state index in [1.165, 1.54) is 5.39 Å². The molecule has 0 saturated heterocycles. The number of halogens is 1. The molecule has 0 radical (unpaired) electrons. The van der Waals surface area contributed by atoms with Crippen LogP contribution in [0.25, 0.3) is 10.9 Å². The fourth-order valence-electron chi connectivity index (χ4n) is 1.31. The lowest BCUT2D eigenvalue weighted by Gasteiger charge is -1.98. The molecule has 1 aromatic carbocycles. The third-order valence-corrected chi connectivity index (χ3v) is 2.02. The normalized spacial score (nSPS) is 9.62. The molecule has 2 heteroatoms. The molecule has 13 heavy (non-hydrogen) atoms. The van der Waals surface area contributed by atoms with Crippen LogP contribution in [-0.2, 0) is 6.42 Å². The molecule has 0 aliphatic carbocycles. The minimum atomic E-state index is 0. The summed E-state index contributed by atoms with van der Waals surface area (Å²) in [6, 6.07) is 12.4. The fraction of sp³-hybridized carbons (Fsp3) is 0.182. The maximum Gasteiger partial charge on any atom is 0.0705 e. The first-order valence-corrected chi connectivity index (χ1v) is 4.25. The summed E-state index contributed by atoms with van der Waals surface area (Å²) in [7, 11) is 0. The largest absolute Gasteiger partial charge is 0.253 e. The van der Waals surface area contributed by atoms with Crippen molar-refractivity contribution in [2.75, 3.05) is 0 Å². The summed E-state index contributed by atoms with van der Waals surface area (Å²) in [6.07, 6.45) is 1.00. The second-order valence-corrected chi connectivity index (χ2v) is 2.85. The average Bonchev–Trinajstić information content (AvgIpc) is 2.17. The molecule has 0 bridgehead atoms. The Morgan fingerprint density at radius 3 is 2.62 bits per heavy atom. The highest BCUT2D eigenvalue weighted by molar-refractivity contribution is 14.0. The monoisotopic (exact) mass is 285 g/mol. The third kappa shape index (κ3) is 2.18. The molecule has 1 nitrogen and oxygen atoms in total. The van der Waals surface area contributed by atoms with Crippen molar-refractivity contribution in [3.63, 3.8) is 0 Å². The van der Waals surface area contributed by atoms with Gasteiger partial charge in [-0.3, -0.25) is 4.98 Å². The zero-order valence-electron chi connectivity index (χ0n) is 7.53. The summed E-state index contributed by atoms with van der Waals surface area (Å²) < 4.78 is 0. The molecule has 0 atom stereocenters. The van der Waals surface area contributed by atoms with Gasteiger partial charge in [-0.05, 0) is 18.6 Å². The van der Waals surface area contributed by atoms with E-state index in [2.05, 4.69) is 36.2 Å². The van der Waals surface area contributed by atoms with E-state index in [4.69, 9.17) is 0 Å². The number of pyridine rings is 1. The standard InChI is InChI=1S/C11H11N.HI/c1-2-10-8-7-9-5-3-4-6-11(9)12-10;/h3-8H,2H2,1H3;1H. The number of hydrogen-bond acceptors (Lipinski definition) is 1. The maximum absolute atomic E-state index is 4.49. The van der Waals surface area contributed by atoms with Gasteiger partial charge in [0.15, 0.2) is 0 Å². The summed E-state index contributed by atoms with van der Waals surface area (Å²) in [6.45, 7) is 2.12. The lowest BCUT2D eigenvalue weighted by molar-refractivity contribution is 1.06. The molecule has 0 fully saturated rings. The second kappa shape index (κ2) is 4.56. The highest BCUT2D eigenvalue weighted by atomic mass is 127. The maximum atomic E-state index is 4.49.